The lowest BCUT2D eigenvalue weighted by Crippen LogP contribution is -2.55. The standard InChI is InChI=1S/C15H28N2O2/c1-12-10-16(11-13(2)18)8-9-17(12)15(19)7-6-14-4-3-5-14/h12-14,18H,3-11H2,1-2H3/t12-,13+/m0/s1. The van der Waals surface area contributed by atoms with Crippen molar-refractivity contribution >= 4 is 5.91 Å². The largest absolute Gasteiger partial charge is 0.392 e. The number of aliphatic hydroxyl groups is 1. The van der Waals surface area contributed by atoms with Gasteiger partial charge in [0, 0.05) is 38.6 Å². The second-order valence-electron chi connectivity index (χ2n) is 6.38. The molecule has 0 aromatic heterocycles. The Bertz CT molecular complexity index is 303. The fourth-order valence-electron chi connectivity index (χ4n) is 3.20. The highest BCUT2D eigenvalue weighted by atomic mass is 16.3. The molecule has 110 valence electrons. The van der Waals surface area contributed by atoms with Crippen LogP contribution in [0.4, 0.5) is 0 Å². The molecule has 2 rings (SSSR count). The molecule has 1 N–H and O–H groups in total. The molecule has 2 atom stereocenters. The van der Waals surface area contributed by atoms with Crippen LogP contribution in [-0.2, 0) is 4.79 Å². The molecule has 0 spiro atoms. The number of hydrogen-bond acceptors (Lipinski definition) is 3. The SMILES string of the molecule is C[C@@H](O)CN1CCN(C(=O)CCC2CCC2)[C@@H](C)C1. The molecule has 1 amide bonds. The van der Waals surface area contributed by atoms with Gasteiger partial charge in [-0.15, -0.1) is 0 Å². The molecule has 2 fully saturated rings. The fraction of sp³-hybridized carbons (Fsp3) is 0.933. The summed E-state index contributed by atoms with van der Waals surface area (Å²) in [6.07, 6.45) is 5.53. The van der Waals surface area contributed by atoms with E-state index in [4.69, 9.17) is 0 Å². The molecule has 0 unspecified atom stereocenters. The van der Waals surface area contributed by atoms with Gasteiger partial charge in [-0.25, -0.2) is 0 Å². The van der Waals surface area contributed by atoms with Crippen LogP contribution < -0.4 is 0 Å². The van der Waals surface area contributed by atoms with Gasteiger partial charge in [0.15, 0.2) is 0 Å². The van der Waals surface area contributed by atoms with Crippen LogP contribution in [0.3, 0.4) is 0 Å². The Morgan fingerprint density at radius 3 is 2.63 bits per heavy atom. The summed E-state index contributed by atoms with van der Waals surface area (Å²) in [6.45, 7) is 7.26. The highest BCUT2D eigenvalue weighted by Gasteiger charge is 2.28. The first-order chi connectivity index (χ1) is 9.06. The van der Waals surface area contributed by atoms with Gasteiger partial charge in [-0.1, -0.05) is 19.3 Å². The quantitative estimate of drug-likeness (QED) is 0.821. The molecule has 4 nitrogen and oxygen atoms in total. The van der Waals surface area contributed by atoms with Gasteiger partial charge in [-0.2, -0.15) is 0 Å². The van der Waals surface area contributed by atoms with E-state index < -0.39 is 0 Å². The maximum atomic E-state index is 12.2. The van der Waals surface area contributed by atoms with Gasteiger partial charge in [0.25, 0.3) is 0 Å². The van der Waals surface area contributed by atoms with Gasteiger partial charge >= 0.3 is 0 Å². The van der Waals surface area contributed by atoms with Crippen molar-refractivity contribution in [3.8, 4) is 0 Å². The monoisotopic (exact) mass is 268 g/mol. The summed E-state index contributed by atoms with van der Waals surface area (Å²) in [5.74, 6) is 1.15. The summed E-state index contributed by atoms with van der Waals surface area (Å²) >= 11 is 0. The van der Waals surface area contributed by atoms with Crippen molar-refractivity contribution in [3.05, 3.63) is 0 Å². The number of carbonyl (C=O) groups is 1. The van der Waals surface area contributed by atoms with Gasteiger partial charge in [0.05, 0.1) is 6.10 Å². The average Bonchev–Trinajstić information content (AvgIpc) is 2.25. The van der Waals surface area contributed by atoms with Crippen LogP contribution in [0.2, 0.25) is 0 Å². The van der Waals surface area contributed by atoms with Crippen molar-refractivity contribution in [2.24, 2.45) is 5.92 Å². The molecular weight excluding hydrogens is 240 g/mol. The molecule has 2 aliphatic rings. The number of hydrogen-bond donors (Lipinski definition) is 1. The Balaban J connectivity index is 1.73. The van der Waals surface area contributed by atoms with E-state index in [1.54, 1.807) is 0 Å². The highest BCUT2D eigenvalue weighted by Crippen LogP contribution is 2.30. The molecule has 1 aliphatic carbocycles. The summed E-state index contributed by atoms with van der Waals surface area (Å²) in [4.78, 5) is 16.5. The second-order valence-corrected chi connectivity index (χ2v) is 6.38. The van der Waals surface area contributed by atoms with E-state index in [1.807, 2.05) is 11.8 Å². The van der Waals surface area contributed by atoms with Gasteiger partial charge < -0.3 is 10.0 Å². The molecule has 4 heteroatoms. The maximum Gasteiger partial charge on any atom is 0.222 e. The van der Waals surface area contributed by atoms with Gasteiger partial charge in [0.2, 0.25) is 5.91 Å². The zero-order valence-corrected chi connectivity index (χ0v) is 12.3. The minimum Gasteiger partial charge on any atom is -0.392 e. The smallest absolute Gasteiger partial charge is 0.222 e. The normalized spacial score (nSPS) is 27.1. The van der Waals surface area contributed by atoms with Crippen LogP contribution in [0, 0.1) is 5.92 Å². The highest BCUT2D eigenvalue weighted by molar-refractivity contribution is 5.76. The number of amides is 1. The van der Waals surface area contributed by atoms with Gasteiger partial charge in [-0.05, 0) is 26.2 Å². The third kappa shape index (κ3) is 4.18. The third-order valence-electron chi connectivity index (χ3n) is 4.55. The van der Waals surface area contributed by atoms with E-state index in [-0.39, 0.29) is 12.1 Å². The second kappa shape index (κ2) is 6.71. The van der Waals surface area contributed by atoms with E-state index in [0.717, 1.165) is 38.4 Å². The van der Waals surface area contributed by atoms with Crippen LogP contribution in [0.1, 0.15) is 46.0 Å². The summed E-state index contributed by atoms with van der Waals surface area (Å²) in [5, 5.41) is 9.42. The lowest BCUT2D eigenvalue weighted by Gasteiger charge is -2.40. The summed E-state index contributed by atoms with van der Waals surface area (Å²) in [6, 6.07) is 0.279. The molecule has 1 heterocycles. The maximum absolute atomic E-state index is 12.2. The minimum absolute atomic E-state index is 0.279. The number of carbonyl (C=O) groups excluding carboxylic acids is 1. The zero-order chi connectivity index (χ0) is 13.8. The lowest BCUT2D eigenvalue weighted by atomic mass is 9.82. The van der Waals surface area contributed by atoms with Crippen LogP contribution in [0.25, 0.3) is 0 Å². The van der Waals surface area contributed by atoms with Crippen LogP contribution in [0.5, 0.6) is 0 Å². The van der Waals surface area contributed by atoms with Crippen molar-refractivity contribution in [1.82, 2.24) is 9.80 Å². The number of nitrogens with zero attached hydrogens (tertiary/aromatic N) is 2. The third-order valence-corrected chi connectivity index (χ3v) is 4.55. The molecule has 0 bridgehead atoms. The van der Waals surface area contributed by atoms with E-state index in [2.05, 4.69) is 11.8 Å². The van der Waals surface area contributed by atoms with Crippen molar-refractivity contribution in [1.29, 1.82) is 0 Å². The predicted molar refractivity (Wildman–Crippen MR) is 75.9 cm³/mol. The first kappa shape index (κ1) is 14.8. The molecule has 0 aromatic carbocycles. The summed E-state index contributed by atoms with van der Waals surface area (Å²) in [7, 11) is 0. The number of piperazine rings is 1. The molecule has 0 aromatic rings. The summed E-state index contributed by atoms with van der Waals surface area (Å²) < 4.78 is 0. The van der Waals surface area contributed by atoms with Crippen LogP contribution in [-0.4, -0.2) is 59.1 Å². The molecule has 1 aliphatic heterocycles. The predicted octanol–water partition coefficient (Wildman–Crippen LogP) is 1.48. The first-order valence-electron chi connectivity index (χ1n) is 7.76. The molecule has 19 heavy (non-hydrogen) atoms. The van der Waals surface area contributed by atoms with Crippen molar-refractivity contribution in [2.45, 2.75) is 58.1 Å². The van der Waals surface area contributed by atoms with Crippen molar-refractivity contribution in [2.75, 3.05) is 26.2 Å². The van der Waals surface area contributed by atoms with Gasteiger partial charge in [0.1, 0.15) is 0 Å². The van der Waals surface area contributed by atoms with E-state index in [0.29, 0.717) is 12.5 Å². The Labute approximate surface area is 116 Å². The fourth-order valence-corrected chi connectivity index (χ4v) is 3.20. The van der Waals surface area contributed by atoms with Crippen molar-refractivity contribution in [3.63, 3.8) is 0 Å². The number of rotatable bonds is 5. The van der Waals surface area contributed by atoms with E-state index in [1.165, 1.54) is 19.3 Å². The van der Waals surface area contributed by atoms with Crippen LogP contribution in [0.15, 0.2) is 0 Å². The Morgan fingerprint density at radius 1 is 1.37 bits per heavy atom. The number of aliphatic hydroxyl groups excluding tert-OH is 1. The van der Waals surface area contributed by atoms with Gasteiger partial charge in [-0.3, -0.25) is 9.69 Å². The Hall–Kier alpha value is -0.610. The van der Waals surface area contributed by atoms with E-state index >= 15 is 0 Å². The lowest BCUT2D eigenvalue weighted by molar-refractivity contribution is -0.136. The van der Waals surface area contributed by atoms with E-state index in [9.17, 15) is 9.90 Å². The molecule has 1 saturated carbocycles. The number of β-amino-alcohol motifs (C(OH)–C–C–N with tert-alkyl or cyclic N) is 1. The molecule has 1 saturated heterocycles. The zero-order valence-electron chi connectivity index (χ0n) is 12.3. The van der Waals surface area contributed by atoms with Crippen LogP contribution >= 0.6 is 0 Å². The Morgan fingerprint density at radius 2 is 2.11 bits per heavy atom. The van der Waals surface area contributed by atoms with Crippen molar-refractivity contribution < 1.29 is 9.90 Å². The first-order valence-corrected chi connectivity index (χ1v) is 7.76. The summed E-state index contributed by atoms with van der Waals surface area (Å²) in [5.41, 5.74) is 0. The Kier molecular flexibility index (Phi) is 5.22. The topological polar surface area (TPSA) is 43.8 Å². The molecule has 0 radical (unpaired) electrons. The minimum atomic E-state index is -0.284. The molecular formula is C15H28N2O2. The average molecular weight is 268 g/mol.